The van der Waals surface area contributed by atoms with E-state index in [2.05, 4.69) is 24.1 Å². The summed E-state index contributed by atoms with van der Waals surface area (Å²) in [5.41, 5.74) is 1.21. The third-order valence-corrected chi connectivity index (χ3v) is 2.99. The van der Waals surface area contributed by atoms with Crippen LogP contribution in [0.15, 0.2) is 12.2 Å². The zero-order valence-corrected chi connectivity index (χ0v) is 9.22. The zero-order chi connectivity index (χ0) is 9.68. The molecule has 76 valence electrons. The van der Waals surface area contributed by atoms with Crippen LogP contribution in [0, 0.1) is 0 Å². The summed E-state index contributed by atoms with van der Waals surface area (Å²) < 4.78 is 5.31. The van der Waals surface area contributed by atoms with Gasteiger partial charge in [-0.1, -0.05) is 12.2 Å². The standard InChI is InChI=1S/C10H19NOS/c1-9(8-13)7-11-5-3-10(12-2)4-6-11/h10,13H,1,3-8H2,2H3. The van der Waals surface area contributed by atoms with Gasteiger partial charge in [-0.25, -0.2) is 0 Å². The van der Waals surface area contributed by atoms with Gasteiger partial charge in [0.25, 0.3) is 0 Å². The lowest BCUT2D eigenvalue weighted by Gasteiger charge is -2.31. The third-order valence-electron chi connectivity index (χ3n) is 2.54. The zero-order valence-electron chi connectivity index (χ0n) is 8.33. The fourth-order valence-electron chi connectivity index (χ4n) is 1.67. The molecule has 1 heterocycles. The van der Waals surface area contributed by atoms with Crippen LogP contribution >= 0.6 is 12.6 Å². The Labute approximate surface area is 86.4 Å². The Kier molecular flexibility index (Phi) is 4.84. The Balaban J connectivity index is 2.21. The van der Waals surface area contributed by atoms with Crippen molar-refractivity contribution in [3.8, 4) is 0 Å². The van der Waals surface area contributed by atoms with E-state index in [4.69, 9.17) is 4.74 Å². The van der Waals surface area contributed by atoms with E-state index in [1.165, 1.54) is 5.57 Å². The highest BCUT2D eigenvalue weighted by molar-refractivity contribution is 7.80. The highest BCUT2D eigenvalue weighted by atomic mass is 32.1. The summed E-state index contributed by atoms with van der Waals surface area (Å²) in [7, 11) is 1.80. The summed E-state index contributed by atoms with van der Waals surface area (Å²) in [4.78, 5) is 2.42. The van der Waals surface area contributed by atoms with Gasteiger partial charge < -0.3 is 4.74 Å². The average Bonchev–Trinajstić information content (AvgIpc) is 2.19. The van der Waals surface area contributed by atoms with Crippen molar-refractivity contribution in [1.82, 2.24) is 4.90 Å². The van der Waals surface area contributed by atoms with Crippen LogP contribution in [0.25, 0.3) is 0 Å². The summed E-state index contributed by atoms with van der Waals surface area (Å²) in [6.07, 6.45) is 2.77. The van der Waals surface area contributed by atoms with Crippen LogP contribution < -0.4 is 0 Å². The number of hydrogen-bond acceptors (Lipinski definition) is 3. The molecule has 3 heteroatoms. The Morgan fingerprint density at radius 2 is 2.15 bits per heavy atom. The van der Waals surface area contributed by atoms with E-state index in [-0.39, 0.29) is 0 Å². The van der Waals surface area contributed by atoms with Crippen molar-refractivity contribution < 1.29 is 4.74 Å². The second-order valence-electron chi connectivity index (χ2n) is 3.62. The van der Waals surface area contributed by atoms with E-state index < -0.39 is 0 Å². The molecule has 0 saturated carbocycles. The Morgan fingerprint density at radius 1 is 1.54 bits per heavy atom. The highest BCUT2D eigenvalue weighted by Crippen LogP contribution is 2.13. The van der Waals surface area contributed by atoms with Gasteiger partial charge in [0.05, 0.1) is 6.10 Å². The molecule has 0 aromatic heterocycles. The second-order valence-corrected chi connectivity index (χ2v) is 3.94. The molecule has 1 aliphatic heterocycles. The summed E-state index contributed by atoms with van der Waals surface area (Å²) in [6.45, 7) is 7.22. The molecule has 0 spiro atoms. The molecule has 0 bridgehead atoms. The molecular weight excluding hydrogens is 182 g/mol. The molecule has 0 aliphatic carbocycles. The molecule has 0 radical (unpaired) electrons. The summed E-state index contributed by atoms with van der Waals surface area (Å²) >= 11 is 4.20. The molecule has 1 rings (SSSR count). The van der Waals surface area contributed by atoms with Gasteiger partial charge in [0.2, 0.25) is 0 Å². The molecule has 2 nitrogen and oxygen atoms in total. The first kappa shape index (κ1) is 11.1. The minimum Gasteiger partial charge on any atom is -0.381 e. The SMILES string of the molecule is C=C(CS)CN1CCC(OC)CC1. The second kappa shape index (κ2) is 5.68. The smallest absolute Gasteiger partial charge is 0.0595 e. The predicted molar refractivity (Wildman–Crippen MR) is 59.5 cm³/mol. The molecule has 0 aromatic carbocycles. The number of likely N-dealkylation sites (tertiary alicyclic amines) is 1. The van der Waals surface area contributed by atoms with Crippen molar-refractivity contribution in [2.45, 2.75) is 18.9 Å². The minimum atomic E-state index is 0.473. The minimum absolute atomic E-state index is 0.473. The predicted octanol–water partition coefficient (Wildman–Crippen LogP) is 1.58. The molecule has 0 amide bonds. The Hall–Kier alpha value is 0.01000. The van der Waals surface area contributed by atoms with Crippen molar-refractivity contribution in [2.24, 2.45) is 0 Å². The van der Waals surface area contributed by atoms with Crippen molar-refractivity contribution in [2.75, 3.05) is 32.5 Å². The van der Waals surface area contributed by atoms with E-state index in [1.54, 1.807) is 7.11 Å². The summed E-state index contributed by atoms with van der Waals surface area (Å²) in [6, 6.07) is 0. The van der Waals surface area contributed by atoms with Gasteiger partial charge in [-0.15, -0.1) is 0 Å². The largest absolute Gasteiger partial charge is 0.381 e. The van der Waals surface area contributed by atoms with Crippen molar-refractivity contribution in [1.29, 1.82) is 0 Å². The van der Waals surface area contributed by atoms with Crippen LogP contribution in [0.3, 0.4) is 0 Å². The van der Waals surface area contributed by atoms with Gasteiger partial charge in [0.15, 0.2) is 0 Å². The van der Waals surface area contributed by atoms with Gasteiger partial charge in [0, 0.05) is 32.5 Å². The maximum atomic E-state index is 5.31. The van der Waals surface area contributed by atoms with Gasteiger partial charge in [-0.3, -0.25) is 4.90 Å². The van der Waals surface area contributed by atoms with Gasteiger partial charge in [-0.2, -0.15) is 12.6 Å². The maximum Gasteiger partial charge on any atom is 0.0595 e. The third kappa shape index (κ3) is 3.71. The lowest BCUT2D eigenvalue weighted by Crippen LogP contribution is -2.37. The number of piperidine rings is 1. The van der Waals surface area contributed by atoms with E-state index >= 15 is 0 Å². The molecule has 0 atom stereocenters. The molecule has 1 saturated heterocycles. The number of rotatable bonds is 4. The molecule has 0 aromatic rings. The van der Waals surface area contributed by atoms with Crippen LogP contribution in [0.4, 0.5) is 0 Å². The lowest BCUT2D eigenvalue weighted by molar-refractivity contribution is 0.0438. The summed E-state index contributed by atoms with van der Waals surface area (Å²) in [5, 5.41) is 0. The van der Waals surface area contributed by atoms with E-state index in [9.17, 15) is 0 Å². The number of ether oxygens (including phenoxy) is 1. The quantitative estimate of drug-likeness (QED) is 0.548. The maximum absolute atomic E-state index is 5.31. The fourth-order valence-corrected chi connectivity index (χ4v) is 1.77. The van der Waals surface area contributed by atoms with Gasteiger partial charge in [-0.05, 0) is 12.8 Å². The topological polar surface area (TPSA) is 12.5 Å². The first-order chi connectivity index (χ1) is 6.26. The van der Waals surface area contributed by atoms with Crippen molar-refractivity contribution in [3.63, 3.8) is 0 Å². The first-order valence-corrected chi connectivity index (χ1v) is 5.42. The van der Waals surface area contributed by atoms with E-state index in [0.29, 0.717) is 6.10 Å². The molecule has 1 aliphatic rings. The van der Waals surface area contributed by atoms with E-state index in [0.717, 1.165) is 38.2 Å². The van der Waals surface area contributed by atoms with Crippen LogP contribution in [-0.2, 0) is 4.74 Å². The monoisotopic (exact) mass is 201 g/mol. The van der Waals surface area contributed by atoms with Crippen molar-refractivity contribution >= 4 is 12.6 Å². The fraction of sp³-hybridized carbons (Fsp3) is 0.800. The molecule has 1 fully saturated rings. The number of hydrogen-bond donors (Lipinski definition) is 1. The van der Waals surface area contributed by atoms with E-state index in [1.807, 2.05) is 0 Å². The van der Waals surface area contributed by atoms with Crippen LogP contribution in [0.2, 0.25) is 0 Å². The van der Waals surface area contributed by atoms with Gasteiger partial charge >= 0.3 is 0 Å². The lowest BCUT2D eigenvalue weighted by atomic mass is 10.1. The number of thiol groups is 1. The summed E-state index contributed by atoms with van der Waals surface area (Å²) in [5.74, 6) is 0.796. The number of nitrogens with zero attached hydrogens (tertiary/aromatic N) is 1. The van der Waals surface area contributed by atoms with Crippen LogP contribution in [0.5, 0.6) is 0 Å². The Morgan fingerprint density at radius 3 is 2.62 bits per heavy atom. The van der Waals surface area contributed by atoms with Crippen LogP contribution in [0.1, 0.15) is 12.8 Å². The van der Waals surface area contributed by atoms with Gasteiger partial charge in [0.1, 0.15) is 0 Å². The molecule has 13 heavy (non-hydrogen) atoms. The van der Waals surface area contributed by atoms with Crippen molar-refractivity contribution in [3.05, 3.63) is 12.2 Å². The number of methoxy groups -OCH3 is 1. The first-order valence-electron chi connectivity index (χ1n) is 4.79. The molecule has 0 unspecified atom stereocenters. The van der Waals surface area contributed by atoms with Crippen LogP contribution in [-0.4, -0.2) is 43.5 Å². The molecular formula is C10H19NOS. The molecule has 0 N–H and O–H groups in total. The highest BCUT2D eigenvalue weighted by Gasteiger charge is 2.18. The normalized spacial score (nSPS) is 20.5. The Bertz CT molecular complexity index is 164. The average molecular weight is 201 g/mol.